The summed E-state index contributed by atoms with van der Waals surface area (Å²) in [4.78, 5) is 57.1. The van der Waals surface area contributed by atoms with Crippen molar-refractivity contribution < 1.29 is 29.0 Å². The lowest BCUT2D eigenvalue weighted by Gasteiger charge is -2.29. The van der Waals surface area contributed by atoms with Gasteiger partial charge in [-0.2, -0.15) is 0 Å². The zero-order chi connectivity index (χ0) is 25.8. The number of piperidine rings is 1. The van der Waals surface area contributed by atoms with Crippen molar-refractivity contribution >= 4 is 34.4 Å². The minimum absolute atomic E-state index is 0.00957. The summed E-state index contributed by atoms with van der Waals surface area (Å²) in [5.74, 6) is -0.578. The predicted octanol–water partition coefficient (Wildman–Crippen LogP) is 0.988. The molecule has 2 saturated heterocycles. The highest BCUT2D eigenvalue weighted by atomic mass is 16.5. The van der Waals surface area contributed by atoms with Gasteiger partial charge in [0, 0.05) is 29.4 Å². The van der Waals surface area contributed by atoms with Crippen molar-refractivity contribution in [1.82, 2.24) is 20.5 Å². The fourth-order valence-corrected chi connectivity index (χ4v) is 6.91. The van der Waals surface area contributed by atoms with Gasteiger partial charge in [-0.25, -0.2) is 0 Å². The minimum Gasteiger partial charge on any atom is -0.496 e. The second-order valence-corrected chi connectivity index (χ2v) is 10.9. The van der Waals surface area contributed by atoms with E-state index in [2.05, 4.69) is 15.6 Å². The zero-order valence-electron chi connectivity index (χ0n) is 20.7. The third-order valence-electron chi connectivity index (χ3n) is 8.87. The molecule has 4 fully saturated rings. The summed E-state index contributed by atoms with van der Waals surface area (Å²) in [6, 6.07) is 5.77. The van der Waals surface area contributed by atoms with Crippen LogP contribution in [-0.4, -0.2) is 76.9 Å². The first-order chi connectivity index (χ1) is 17.9. The highest BCUT2D eigenvalue weighted by molar-refractivity contribution is 6.02. The molecule has 3 amide bonds. The van der Waals surface area contributed by atoms with Gasteiger partial charge >= 0.3 is 0 Å². The number of rotatable bonds is 8. The Labute approximate surface area is 214 Å². The summed E-state index contributed by atoms with van der Waals surface area (Å²) < 4.78 is 5.43. The molecular formula is C27H32N4O6. The van der Waals surface area contributed by atoms with E-state index in [4.69, 9.17) is 4.74 Å². The lowest BCUT2D eigenvalue weighted by molar-refractivity contribution is -0.133. The number of nitrogens with one attached hydrogen (secondary N) is 3. The number of aliphatic hydroxyl groups excluding tert-OH is 1. The lowest BCUT2D eigenvalue weighted by Crippen LogP contribution is -2.53. The maximum Gasteiger partial charge on any atom is 0.271 e. The lowest BCUT2D eigenvalue weighted by atomic mass is 9.91. The molecule has 7 atom stereocenters. The normalized spacial score (nSPS) is 30.5. The van der Waals surface area contributed by atoms with E-state index in [1.54, 1.807) is 18.1 Å². The van der Waals surface area contributed by atoms with E-state index in [9.17, 15) is 24.3 Å². The Morgan fingerprint density at radius 1 is 1.24 bits per heavy atom. The molecule has 10 nitrogen and oxygen atoms in total. The van der Waals surface area contributed by atoms with Gasteiger partial charge in [0.25, 0.3) is 5.91 Å². The molecule has 0 bridgehead atoms. The third-order valence-corrected chi connectivity index (χ3v) is 8.87. The van der Waals surface area contributed by atoms with Crippen molar-refractivity contribution in [3.63, 3.8) is 0 Å². The van der Waals surface area contributed by atoms with E-state index in [0.717, 1.165) is 36.6 Å². The molecule has 1 aromatic heterocycles. The molecule has 4 N–H and O–H groups in total. The highest BCUT2D eigenvalue weighted by Crippen LogP contribution is 2.45. The Kier molecular flexibility index (Phi) is 5.94. The van der Waals surface area contributed by atoms with Gasteiger partial charge in [0.1, 0.15) is 24.1 Å². The van der Waals surface area contributed by atoms with E-state index in [1.165, 1.54) is 0 Å². The molecule has 10 heteroatoms. The maximum absolute atomic E-state index is 13.7. The monoisotopic (exact) mass is 508 g/mol. The SMILES string of the molecule is COc1cccc2[nH]c(C(=O)N3C[C@@H]4CCC[C@@H]4[C@H]3C(=O)N[C@@H](C[C@H]3C(=O)NC4C[C@@H]43)C(=O)CO)cc12. The number of H-pyrrole nitrogens is 1. The van der Waals surface area contributed by atoms with Gasteiger partial charge in [-0.1, -0.05) is 12.5 Å². The van der Waals surface area contributed by atoms with Gasteiger partial charge in [0.2, 0.25) is 11.8 Å². The summed E-state index contributed by atoms with van der Waals surface area (Å²) in [6.07, 6.45) is 3.82. The van der Waals surface area contributed by atoms with Crippen LogP contribution in [0.5, 0.6) is 5.75 Å². The van der Waals surface area contributed by atoms with E-state index < -0.39 is 30.4 Å². The van der Waals surface area contributed by atoms with Crippen LogP contribution in [0.1, 0.15) is 42.6 Å². The van der Waals surface area contributed by atoms with Crippen molar-refractivity contribution in [2.75, 3.05) is 20.3 Å². The molecule has 4 aliphatic rings. The molecule has 1 aromatic carbocycles. The number of aromatic nitrogens is 1. The molecule has 2 aliphatic heterocycles. The first-order valence-electron chi connectivity index (χ1n) is 13.1. The van der Waals surface area contributed by atoms with Crippen molar-refractivity contribution in [3.8, 4) is 5.75 Å². The number of methoxy groups -OCH3 is 1. The Balaban J connectivity index is 1.25. The van der Waals surface area contributed by atoms with Crippen molar-refractivity contribution in [2.45, 2.75) is 50.2 Å². The fraction of sp³-hybridized carbons (Fsp3) is 0.556. The first-order valence-corrected chi connectivity index (χ1v) is 13.1. The number of fused-ring (bicyclic) bond motifs is 3. The first kappa shape index (κ1) is 24.0. The number of ketones is 1. The number of aromatic amines is 1. The number of amides is 3. The molecule has 0 radical (unpaired) electrons. The summed E-state index contributed by atoms with van der Waals surface area (Å²) >= 11 is 0. The number of benzene rings is 1. The summed E-state index contributed by atoms with van der Waals surface area (Å²) in [7, 11) is 1.58. The molecule has 0 spiro atoms. The number of nitrogens with zero attached hydrogens (tertiary/aromatic N) is 1. The Morgan fingerprint density at radius 2 is 2.08 bits per heavy atom. The standard InChI is InChI=1S/C27H32N4O6/c1-37-23-7-3-6-18-17(23)10-21(28-18)27(36)31-11-13-4-2-5-14(13)24(31)26(35)30-20(22(33)12-32)9-16-15-8-19(15)29-25(16)34/h3,6-7,10,13-16,19-20,24,28,32H,2,4-5,8-9,11-12H2,1H3,(H,29,34)(H,30,35)/t13-,14-,15+,16+,19?,20-,24-/m0/s1. The van der Waals surface area contributed by atoms with Crippen LogP contribution in [0.2, 0.25) is 0 Å². The minimum atomic E-state index is -0.970. The zero-order valence-corrected chi connectivity index (χ0v) is 20.7. The van der Waals surface area contributed by atoms with E-state index in [0.29, 0.717) is 18.0 Å². The Bertz CT molecular complexity index is 1270. The number of ether oxygens (including phenoxy) is 1. The van der Waals surface area contributed by atoms with Crippen LogP contribution < -0.4 is 15.4 Å². The van der Waals surface area contributed by atoms with Gasteiger partial charge in [-0.05, 0) is 61.6 Å². The number of aliphatic hydroxyl groups is 1. The molecular weight excluding hydrogens is 476 g/mol. The molecule has 196 valence electrons. The number of carbonyl (C=O) groups excluding carboxylic acids is 4. The Morgan fingerprint density at radius 3 is 2.81 bits per heavy atom. The molecule has 2 aromatic rings. The molecule has 6 rings (SSSR count). The Hall–Kier alpha value is -3.40. The molecule has 2 saturated carbocycles. The predicted molar refractivity (Wildman–Crippen MR) is 133 cm³/mol. The fourth-order valence-electron chi connectivity index (χ4n) is 6.91. The summed E-state index contributed by atoms with van der Waals surface area (Å²) in [6.45, 7) is -0.245. The van der Waals surface area contributed by atoms with Gasteiger partial charge in [0.05, 0.1) is 13.2 Å². The van der Waals surface area contributed by atoms with Crippen LogP contribution in [0.15, 0.2) is 24.3 Å². The number of carbonyl (C=O) groups is 4. The van der Waals surface area contributed by atoms with Crippen LogP contribution in [0.3, 0.4) is 0 Å². The molecule has 2 aliphatic carbocycles. The number of likely N-dealkylation sites (tertiary alicyclic amines) is 1. The van der Waals surface area contributed by atoms with Crippen LogP contribution in [0.25, 0.3) is 10.9 Å². The van der Waals surface area contributed by atoms with Crippen molar-refractivity contribution in [3.05, 3.63) is 30.0 Å². The average Bonchev–Trinajstić information content (AvgIpc) is 3.26. The second-order valence-electron chi connectivity index (χ2n) is 10.9. The molecule has 3 heterocycles. The molecule has 1 unspecified atom stereocenters. The largest absolute Gasteiger partial charge is 0.496 e. The molecule has 37 heavy (non-hydrogen) atoms. The summed E-state index contributed by atoms with van der Waals surface area (Å²) in [5, 5.41) is 16.1. The van der Waals surface area contributed by atoms with Gasteiger partial charge < -0.3 is 30.4 Å². The highest BCUT2D eigenvalue weighted by Gasteiger charge is 2.54. The topological polar surface area (TPSA) is 141 Å². The number of hydrogen-bond acceptors (Lipinski definition) is 6. The van der Waals surface area contributed by atoms with Crippen molar-refractivity contribution in [2.24, 2.45) is 23.7 Å². The summed E-state index contributed by atoms with van der Waals surface area (Å²) in [5.41, 5.74) is 1.15. The van der Waals surface area contributed by atoms with Crippen LogP contribution in [0.4, 0.5) is 0 Å². The van der Waals surface area contributed by atoms with Gasteiger partial charge in [0.15, 0.2) is 5.78 Å². The second kappa shape index (κ2) is 9.16. The van der Waals surface area contributed by atoms with E-state index in [1.807, 2.05) is 18.2 Å². The average molecular weight is 509 g/mol. The maximum atomic E-state index is 13.7. The smallest absolute Gasteiger partial charge is 0.271 e. The van der Waals surface area contributed by atoms with Crippen LogP contribution in [-0.2, 0) is 14.4 Å². The van der Waals surface area contributed by atoms with Gasteiger partial charge in [-0.3, -0.25) is 19.2 Å². The van der Waals surface area contributed by atoms with Crippen LogP contribution >= 0.6 is 0 Å². The third kappa shape index (κ3) is 4.07. The number of Topliss-reactive ketones (excluding diaryl/α,β-unsaturated/α-hetero) is 1. The van der Waals surface area contributed by atoms with Gasteiger partial charge in [-0.15, -0.1) is 0 Å². The quantitative estimate of drug-likeness (QED) is 0.419. The van der Waals surface area contributed by atoms with E-state index in [-0.39, 0.29) is 47.9 Å². The number of hydrogen-bond donors (Lipinski definition) is 4. The van der Waals surface area contributed by atoms with Crippen molar-refractivity contribution in [1.29, 1.82) is 0 Å². The van der Waals surface area contributed by atoms with E-state index >= 15 is 0 Å². The van der Waals surface area contributed by atoms with Crippen LogP contribution in [0, 0.1) is 23.7 Å².